The van der Waals surface area contributed by atoms with Gasteiger partial charge in [-0.25, -0.2) is 4.98 Å². The van der Waals surface area contributed by atoms with Gasteiger partial charge in [-0.3, -0.25) is 14.3 Å². The normalized spacial score (nSPS) is 18.9. The minimum absolute atomic E-state index is 0.0989. The molecule has 1 aliphatic carbocycles. The second-order valence-electron chi connectivity index (χ2n) is 9.35. The van der Waals surface area contributed by atoms with Crippen molar-refractivity contribution in [2.75, 3.05) is 5.32 Å². The zero-order valence-electron chi connectivity index (χ0n) is 20.8. The van der Waals surface area contributed by atoms with E-state index in [0.29, 0.717) is 12.1 Å². The van der Waals surface area contributed by atoms with E-state index in [1.54, 1.807) is 36.1 Å². The molecule has 0 spiro atoms. The van der Waals surface area contributed by atoms with E-state index in [9.17, 15) is 22.8 Å². The SMILES string of the molecule is CCc1nocc1C(=O)NC(C(=O)Nc1ccc(-c2c(C)cnn2C)cn1)C1CCC(C(F)(F)F)CC1. The Kier molecular flexibility index (Phi) is 7.65. The van der Waals surface area contributed by atoms with Gasteiger partial charge in [0.1, 0.15) is 23.7 Å². The lowest BCUT2D eigenvalue weighted by molar-refractivity contribution is -0.184. The first-order valence-corrected chi connectivity index (χ1v) is 12.1. The summed E-state index contributed by atoms with van der Waals surface area (Å²) in [6.45, 7) is 3.73. The van der Waals surface area contributed by atoms with Crippen LogP contribution in [0, 0.1) is 18.8 Å². The van der Waals surface area contributed by atoms with Gasteiger partial charge in [-0.15, -0.1) is 0 Å². The van der Waals surface area contributed by atoms with E-state index in [2.05, 4.69) is 25.9 Å². The number of aromatic nitrogens is 4. The van der Waals surface area contributed by atoms with E-state index in [1.165, 1.54) is 6.26 Å². The monoisotopic (exact) mass is 518 g/mol. The number of alkyl halides is 3. The van der Waals surface area contributed by atoms with Gasteiger partial charge >= 0.3 is 6.18 Å². The molecule has 3 aromatic heterocycles. The average Bonchev–Trinajstić information content (AvgIpc) is 3.48. The molecule has 1 fully saturated rings. The Labute approximate surface area is 211 Å². The molecule has 3 heterocycles. The third-order valence-corrected chi connectivity index (χ3v) is 6.91. The highest BCUT2D eigenvalue weighted by molar-refractivity contribution is 6.01. The summed E-state index contributed by atoms with van der Waals surface area (Å²) in [7, 11) is 1.82. The molecule has 0 saturated heterocycles. The number of hydrogen-bond donors (Lipinski definition) is 2. The van der Waals surface area contributed by atoms with Crippen LogP contribution in [0.1, 0.15) is 54.2 Å². The molecule has 9 nitrogen and oxygen atoms in total. The maximum atomic E-state index is 13.3. The average molecular weight is 519 g/mol. The first-order chi connectivity index (χ1) is 17.6. The molecule has 0 aromatic carbocycles. The maximum Gasteiger partial charge on any atom is 0.391 e. The van der Waals surface area contributed by atoms with E-state index in [-0.39, 0.29) is 37.1 Å². The number of carbonyl (C=O) groups excluding carboxylic acids is 2. The van der Waals surface area contributed by atoms with Gasteiger partial charge in [0.2, 0.25) is 5.91 Å². The number of hydrogen-bond acceptors (Lipinski definition) is 6. The van der Waals surface area contributed by atoms with Gasteiger partial charge in [0.05, 0.1) is 23.5 Å². The summed E-state index contributed by atoms with van der Waals surface area (Å²) in [5.74, 6) is -2.72. The second kappa shape index (κ2) is 10.7. The third kappa shape index (κ3) is 5.83. The molecule has 12 heteroatoms. The van der Waals surface area contributed by atoms with Crippen molar-refractivity contribution in [3.8, 4) is 11.3 Å². The topological polar surface area (TPSA) is 115 Å². The summed E-state index contributed by atoms with van der Waals surface area (Å²) in [4.78, 5) is 30.6. The fourth-order valence-electron chi connectivity index (χ4n) is 4.87. The van der Waals surface area contributed by atoms with Crippen molar-refractivity contribution in [1.82, 2.24) is 25.2 Å². The van der Waals surface area contributed by atoms with Crippen LogP contribution in [0.25, 0.3) is 11.3 Å². The predicted octanol–water partition coefficient (Wildman–Crippen LogP) is 4.45. The number of rotatable bonds is 7. The van der Waals surface area contributed by atoms with Crippen molar-refractivity contribution in [3.63, 3.8) is 0 Å². The molecule has 1 aliphatic rings. The Balaban J connectivity index is 1.52. The lowest BCUT2D eigenvalue weighted by Crippen LogP contribution is -2.50. The summed E-state index contributed by atoms with van der Waals surface area (Å²) < 4.78 is 46.2. The lowest BCUT2D eigenvalue weighted by Gasteiger charge is -2.34. The van der Waals surface area contributed by atoms with Crippen LogP contribution in [0.5, 0.6) is 0 Å². The number of pyridine rings is 1. The highest BCUT2D eigenvalue weighted by Gasteiger charge is 2.44. The number of anilines is 1. The van der Waals surface area contributed by atoms with Crippen LogP contribution in [-0.4, -0.2) is 44.0 Å². The first kappa shape index (κ1) is 26.4. The lowest BCUT2D eigenvalue weighted by atomic mass is 9.78. The van der Waals surface area contributed by atoms with E-state index in [0.717, 1.165) is 16.8 Å². The molecule has 0 bridgehead atoms. The highest BCUT2D eigenvalue weighted by atomic mass is 19.4. The predicted molar refractivity (Wildman–Crippen MR) is 128 cm³/mol. The molecule has 1 saturated carbocycles. The zero-order valence-corrected chi connectivity index (χ0v) is 20.8. The second-order valence-corrected chi connectivity index (χ2v) is 9.35. The minimum atomic E-state index is -4.28. The molecule has 2 N–H and O–H groups in total. The van der Waals surface area contributed by atoms with Crippen LogP contribution in [0.4, 0.5) is 19.0 Å². The highest BCUT2D eigenvalue weighted by Crippen LogP contribution is 2.40. The molecular weight excluding hydrogens is 489 g/mol. The standard InChI is InChI=1S/C25H29F3N6O3/c1-4-19-18(13-37-33-19)23(35)32-21(15-5-8-17(9-6-15)25(26,27)28)24(36)31-20-10-7-16(12-29-20)22-14(2)11-30-34(22)3/h7,10-13,15,17,21H,4-6,8-9H2,1-3H3,(H,32,35)(H,29,31,36). The number of halogens is 3. The van der Waals surface area contributed by atoms with Crippen LogP contribution < -0.4 is 10.6 Å². The Morgan fingerprint density at radius 3 is 2.49 bits per heavy atom. The molecular formula is C25H29F3N6O3. The van der Waals surface area contributed by atoms with Gasteiger partial charge in [0.15, 0.2) is 0 Å². The van der Waals surface area contributed by atoms with Crippen LogP contribution in [0.3, 0.4) is 0 Å². The number of carbonyl (C=O) groups is 2. The van der Waals surface area contributed by atoms with E-state index < -0.39 is 35.9 Å². The molecule has 4 rings (SSSR count). The molecule has 198 valence electrons. The van der Waals surface area contributed by atoms with Crippen LogP contribution in [0.2, 0.25) is 0 Å². The van der Waals surface area contributed by atoms with Crippen molar-refractivity contribution >= 4 is 17.6 Å². The van der Waals surface area contributed by atoms with E-state index in [1.807, 2.05) is 14.0 Å². The van der Waals surface area contributed by atoms with Gasteiger partial charge < -0.3 is 15.2 Å². The van der Waals surface area contributed by atoms with Crippen LogP contribution >= 0.6 is 0 Å². The third-order valence-electron chi connectivity index (χ3n) is 6.91. The summed E-state index contributed by atoms with van der Waals surface area (Å²) >= 11 is 0. The van der Waals surface area contributed by atoms with Gasteiger partial charge in [0, 0.05) is 18.8 Å². The molecule has 1 unspecified atom stereocenters. The van der Waals surface area contributed by atoms with Gasteiger partial charge in [-0.05, 0) is 62.6 Å². The summed E-state index contributed by atoms with van der Waals surface area (Å²) in [6, 6.07) is 2.37. The Bertz CT molecular complexity index is 1220. The number of amides is 2. The summed E-state index contributed by atoms with van der Waals surface area (Å²) in [5.41, 5.74) is 3.29. The van der Waals surface area contributed by atoms with E-state index in [4.69, 9.17) is 4.52 Å². The van der Waals surface area contributed by atoms with Crippen molar-refractivity contribution in [2.45, 2.75) is 58.2 Å². The minimum Gasteiger partial charge on any atom is -0.364 e. The van der Waals surface area contributed by atoms with Gasteiger partial charge in [-0.1, -0.05) is 12.1 Å². The Hall–Kier alpha value is -3.70. The molecule has 1 atom stereocenters. The maximum absolute atomic E-state index is 13.3. The Morgan fingerprint density at radius 2 is 1.92 bits per heavy atom. The number of nitrogens with one attached hydrogen (secondary N) is 2. The molecule has 0 aliphatic heterocycles. The van der Waals surface area contributed by atoms with Gasteiger partial charge in [0.25, 0.3) is 5.91 Å². The zero-order chi connectivity index (χ0) is 26.7. The summed E-state index contributed by atoms with van der Waals surface area (Å²) in [5, 5.41) is 13.4. The fraction of sp³-hybridized carbons (Fsp3) is 0.480. The molecule has 2 amide bonds. The molecule has 0 radical (unpaired) electrons. The Morgan fingerprint density at radius 1 is 1.19 bits per heavy atom. The van der Waals surface area contributed by atoms with Crippen molar-refractivity contribution < 1.29 is 27.3 Å². The molecule has 37 heavy (non-hydrogen) atoms. The smallest absolute Gasteiger partial charge is 0.364 e. The van der Waals surface area contributed by atoms with Crippen molar-refractivity contribution in [1.29, 1.82) is 0 Å². The van der Waals surface area contributed by atoms with Crippen LogP contribution in [-0.2, 0) is 18.3 Å². The quantitative estimate of drug-likeness (QED) is 0.478. The van der Waals surface area contributed by atoms with E-state index >= 15 is 0 Å². The fourth-order valence-corrected chi connectivity index (χ4v) is 4.87. The summed E-state index contributed by atoms with van der Waals surface area (Å²) in [6.07, 6.45) is 0.818. The number of nitrogens with zero attached hydrogens (tertiary/aromatic N) is 4. The van der Waals surface area contributed by atoms with Gasteiger partial charge in [-0.2, -0.15) is 18.3 Å². The largest absolute Gasteiger partial charge is 0.391 e. The first-order valence-electron chi connectivity index (χ1n) is 12.1. The van der Waals surface area contributed by atoms with Crippen molar-refractivity contribution in [3.05, 3.63) is 47.6 Å². The van der Waals surface area contributed by atoms with Crippen molar-refractivity contribution in [2.24, 2.45) is 18.9 Å². The molecule has 3 aromatic rings. The number of aryl methyl sites for hydroxylation is 3. The van der Waals surface area contributed by atoms with Crippen LogP contribution in [0.15, 0.2) is 35.3 Å².